The number of aliphatic hydroxyl groups excluding tert-OH is 1. The van der Waals surface area contributed by atoms with Gasteiger partial charge in [0.1, 0.15) is 10.8 Å². The number of aromatic nitrogens is 2. The van der Waals surface area contributed by atoms with Crippen molar-refractivity contribution in [3.8, 4) is 11.3 Å². The second-order valence-electron chi connectivity index (χ2n) is 9.26. The predicted octanol–water partition coefficient (Wildman–Crippen LogP) is 4.10. The van der Waals surface area contributed by atoms with Crippen LogP contribution >= 0.6 is 22.9 Å². The molecule has 0 spiro atoms. The van der Waals surface area contributed by atoms with Crippen LogP contribution in [0.25, 0.3) is 21.3 Å². The molecule has 3 aromatic heterocycles. The first kappa shape index (κ1) is 26.0. The summed E-state index contributed by atoms with van der Waals surface area (Å²) in [5.74, 6) is -0.832. The van der Waals surface area contributed by atoms with Crippen molar-refractivity contribution < 1.29 is 23.0 Å². The summed E-state index contributed by atoms with van der Waals surface area (Å²) in [4.78, 5) is 8.90. The highest BCUT2D eigenvalue weighted by Crippen LogP contribution is 2.42. The van der Waals surface area contributed by atoms with E-state index in [-0.39, 0.29) is 16.4 Å². The Morgan fingerprint density at radius 3 is 2.76 bits per heavy atom. The van der Waals surface area contributed by atoms with Gasteiger partial charge in [0.25, 0.3) is 0 Å². The van der Waals surface area contributed by atoms with Crippen molar-refractivity contribution in [3.63, 3.8) is 0 Å². The number of nitrogen functional groups attached to an aromatic ring is 1. The number of rotatable bonds is 8. The van der Waals surface area contributed by atoms with Gasteiger partial charge in [-0.05, 0) is 48.9 Å². The van der Waals surface area contributed by atoms with Gasteiger partial charge in [-0.1, -0.05) is 29.8 Å². The molecule has 194 valence electrons. The standard InChI is InChI=1S/C25H24ClFN4O4S2/c1-25(33,12-32)14-7-8-29-18(10-14)16-4-2-3-13-9-19(36-23(13)16)22(31-37(34,35)15-5-6-15)20-21(27)17(28)11-30-24(20)26/h2-4,7-11,15,22,31-33H,5-6,12,28H2,1H3/t22-,25-/m0/s1. The van der Waals surface area contributed by atoms with Gasteiger partial charge >= 0.3 is 0 Å². The van der Waals surface area contributed by atoms with E-state index in [1.807, 2.05) is 18.2 Å². The fourth-order valence-electron chi connectivity index (χ4n) is 4.07. The van der Waals surface area contributed by atoms with Gasteiger partial charge in [0.2, 0.25) is 10.0 Å². The predicted molar refractivity (Wildman–Crippen MR) is 142 cm³/mol. The summed E-state index contributed by atoms with van der Waals surface area (Å²) in [5, 5.41) is 20.1. The van der Waals surface area contributed by atoms with E-state index in [0.717, 1.165) is 21.8 Å². The van der Waals surface area contributed by atoms with E-state index >= 15 is 4.39 Å². The molecule has 8 nitrogen and oxygen atoms in total. The Morgan fingerprint density at radius 1 is 1.30 bits per heavy atom. The molecule has 0 amide bonds. The second-order valence-corrected chi connectivity index (χ2v) is 12.7. The quantitative estimate of drug-likeness (QED) is 0.237. The first-order valence-electron chi connectivity index (χ1n) is 11.4. The summed E-state index contributed by atoms with van der Waals surface area (Å²) in [7, 11) is -3.75. The van der Waals surface area contributed by atoms with Crippen molar-refractivity contribution in [2.75, 3.05) is 12.3 Å². The molecule has 2 atom stereocenters. The lowest BCUT2D eigenvalue weighted by molar-refractivity contribution is -0.00230. The van der Waals surface area contributed by atoms with Crippen molar-refractivity contribution in [1.29, 1.82) is 0 Å². The summed E-state index contributed by atoms with van der Waals surface area (Å²) < 4.78 is 44.5. The summed E-state index contributed by atoms with van der Waals surface area (Å²) in [6.45, 7) is 1.04. The molecule has 0 bridgehead atoms. The van der Waals surface area contributed by atoms with E-state index < -0.39 is 39.3 Å². The number of nitrogens with zero attached hydrogens (tertiary/aromatic N) is 2. The van der Waals surface area contributed by atoms with Crippen LogP contribution in [-0.4, -0.2) is 40.5 Å². The SMILES string of the molecule is C[C@](O)(CO)c1ccnc(-c2cccc3cc([C@H](NS(=O)(=O)C4CC4)c4c(Cl)ncc(N)c4F)sc23)c1. The minimum absolute atomic E-state index is 0.141. The molecule has 1 saturated carbocycles. The third-order valence-electron chi connectivity index (χ3n) is 6.38. The molecular formula is C25H24ClFN4O4S2. The minimum atomic E-state index is -3.75. The zero-order chi connectivity index (χ0) is 26.5. The molecule has 0 radical (unpaired) electrons. The van der Waals surface area contributed by atoms with Gasteiger partial charge in [-0.15, -0.1) is 11.3 Å². The van der Waals surface area contributed by atoms with Crippen molar-refractivity contribution in [2.24, 2.45) is 0 Å². The summed E-state index contributed by atoms with van der Waals surface area (Å²) in [6.07, 6.45) is 3.70. The number of aliphatic hydroxyl groups is 2. The number of benzene rings is 1. The Balaban J connectivity index is 1.67. The summed E-state index contributed by atoms with van der Waals surface area (Å²) >= 11 is 7.54. The van der Waals surface area contributed by atoms with Gasteiger partial charge in [-0.2, -0.15) is 0 Å². The Morgan fingerprint density at radius 2 is 2.05 bits per heavy atom. The van der Waals surface area contributed by atoms with Gasteiger partial charge < -0.3 is 15.9 Å². The number of hydrogen-bond acceptors (Lipinski definition) is 8. The first-order valence-corrected chi connectivity index (χ1v) is 14.2. The van der Waals surface area contributed by atoms with Crippen LogP contribution in [0.5, 0.6) is 0 Å². The molecule has 1 aliphatic carbocycles. The van der Waals surface area contributed by atoms with Crippen molar-refractivity contribution >= 4 is 48.7 Å². The number of pyridine rings is 2. The Hall–Kier alpha value is -2.67. The zero-order valence-corrected chi connectivity index (χ0v) is 22.0. The number of halogens is 2. The van der Waals surface area contributed by atoms with Crippen molar-refractivity contribution in [3.05, 3.63) is 75.8 Å². The molecule has 4 aromatic rings. The lowest BCUT2D eigenvalue weighted by Crippen LogP contribution is -2.32. The van der Waals surface area contributed by atoms with Gasteiger partial charge in [0.15, 0.2) is 5.82 Å². The maximum absolute atomic E-state index is 15.2. The minimum Gasteiger partial charge on any atom is -0.395 e. The van der Waals surface area contributed by atoms with E-state index in [4.69, 9.17) is 17.3 Å². The highest BCUT2D eigenvalue weighted by molar-refractivity contribution is 7.90. The monoisotopic (exact) mass is 562 g/mol. The molecule has 0 unspecified atom stereocenters. The Labute approximate surface area is 222 Å². The maximum Gasteiger partial charge on any atom is 0.215 e. The van der Waals surface area contributed by atoms with E-state index in [9.17, 15) is 18.6 Å². The van der Waals surface area contributed by atoms with Crippen LogP contribution in [0, 0.1) is 5.82 Å². The van der Waals surface area contributed by atoms with Crippen LogP contribution in [0.15, 0.2) is 48.8 Å². The second kappa shape index (κ2) is 9.57. The summed E-state index contributed by atoms with van der Waals surface area (Å²) in [6, 6.07) is 9.47. The normalized spacial score (nSPS) is 16.6. The first-order chi connectivity index (χ1) is 17.5. The largest absolute Gasteiger partial charge is 0.395 e. The molecule has 1 aromatic carbocycles. The smallest absolute Gasteiger partial charge is 0.215 e. The lowest BCUT2D eigenvalue weighted by Gasteiger charge is -2.21. The van der Waals surface area contributed by atoms with Crippen LogP contribution in [0.3, 0.4) is 0 Å². The Bertz CT molecular complexity index is 1610. The average molecular weight is 563 g/mol. The lowest BCUT2D eigenvalue weighted by atomic mass is 9.96. The maximum atomic E-state index is 15.2. The number of fused-ring (bicyclic) bond motifs is 1. The van der Waals surface area contributed by atoms with Crippen LogP contribution < -0.4 is 10.5 Å². The van der Waals surface area contributed by atoms with Gasteiger partial charge in [-0.3, -0.25) is 4.98 Å². The van der Waals surface area contributed by atoms with E-state index in [2.05, 4.69) is 14.7 Å². The van der Waals surface area contributed by atoms with Crippen LogP contribution in [0.2, 0.25) is 5.15 Å². The molecule has 1 fully saturated rings. The molecule has 3 heterocycles. The van der Waals surface area contributed by atoms with Gasteiger partial charge in [0.05, 0.1) is 41.0 Å². The number of hydrogen-bond donors (Lipinski definition) is 4. The fraction of sp³-hybridized carbons (Fsp3) is 0.280. The average Bonchev–Trinajstić information content (AvgIpc) is 3.65. The Kier molecular flexibility index (Phi) is 6.71. The number of anilines is 1. The highest BCUT2D eigenvalue weighted by Gasteiger charge is 2.39. The molecule has 5 rings (SSSR count). The number of sulfonamides is 1. The number of nitrogens with one attached hydrogen (secondary N) is 1. The van der Waals surface area contributed by atoms with Crippen LogP contribution in [-0.2, 0) is 15.6 Å². The number of thiophene rings is 1. The van der Waals surface area contributed by atoms with Gasteiger partial charge in [-0.25, -0.2) is 22.5 Å². The molecule has 0 aliphatic heterocycles. The van der Waals surface area contributed by atoms with Crippen LogP contribution in [0.1, 0.15) is 41.8 Å². The van der Waals surface area contributed by atoms with Crippen molar-refractivity contribution in [2.45, 2.75) is 36.7 Å². The third kappa shape index (κ3) is 4.95. The van der Waals surface area contributed by atoms with Crippen LogP contribution in [0.4, 0.5) is 10.1 Å². The molecule has 5 N–H and O–H groups in total. The van der Waals surface area contributed by atoms with E-state index in [0.29, 0.717) is 29.0 Å². The molecule has 37 heavy (non-hydrogen) atoms. The number of nitrogens with two attached hydrogens (primary N) is 1. The van der Waals surface area contributed by atoms with E-state index in [1.165, 1.54) is 18.3 Å². The van der Waals surface area contributed by atoms with Crippen molar-refractivity contribution in [1.82, 2.24) is 14.7 Å². The topological polar surface area (TPSA) is 138 Å². The van der Waals surface area contributed by atoms with E-state index in [1.54, 1.807) is 24.4 Å². The highest BCUT2D eigenvalue weighted by atomic mass is 35.5. The third-order valence-corrected chi connectivity index (χ3v) is 9.84. The molecular weight excluding hydrogens is 539 g/mol. The molecule has 0 saturated heterocycles. The zero-order valence-electron chi connectivity index (χ0n) is 19.6. The molecule has 12 heteroatoms. The molecule has 1 aliphatic rings. The van der Waals surface area contributed by atoms with Gasteiger partial charge in [0, 0.05) is 21.3 Å². The fourth-order valence-corrected chi connectivity index (χ4v) is 7.16. The summed E-state index contributed by atoms with van der Waals surface area (Å²) in [5.41, 5.74) is 5.69.